The fraction of sp³-hybridized carbons (Fsp3) is 0.385. The number of fused-ring (bicyclic) bond motifs is 5. The van der Waals surface area contributed by atoms with E-state index in [1.807, 2.05) is 48.5 Å². The molecule has 2 saturated heterocycles. The Morgan fingerprint density at radius 2 is 1.51 bits per heavy atom. The molecule has 35 heavy (non-hydrogen) atoms. The Kier molecular flexibility index (Phi) is 5.92. The summed E-state index contributed by atoms with van der Waals surface area (Å²) in [7, 11) is 0. The molecule has 182 valence electrons. The lowest BCUT2D eigenvalue weighted by atomic mass is 9.88. The summed E-state index contributed by atoms with van der Waals surface area (Å²) in [5.74, 6) is -2.05. The first-order valence-electron chi connectivity index (χ1n) is 11.8. The van der Waals surface area contributed by atoms with Crippen molar-refractivity contribution in [1.29, 1.82) is 0 Å². The summed E-state index contributed by atoms with van der Waals surface area (Å²) >= 11 is 0. The van der Waals surface area contributed by atoms with Crippen molar-refractivity contribution in [2.45, 2.75) is 43.2 Å². The predicted molar refractivity (Wildman–Crippen MR) is 126 cm³/mol. The molecule has 9 heteroatoms. The standard InChI is InChI=1S/C26H27N3O6/c30-22(27-14-23(31)29-16-9-11-26(29,12-10-16)24(32)33)13-28-25(34)35-15-21-19-7-3-1-5-17(19)18-6-2-4-8-20(18)21/h1-8,16,21H,9-15H2,(H,27,30)(H,28,34)(H,32,33). The van der Waals surface area contributed by atoms with E-state index in [1.54, 1.807) is 0 Å². The highest BCUT2D eigenvalue weighted by Gasteiger charge is 2.58. The summed E-state index contributed by atoms with van der Waals surface area (Å²) in [6.07, 6.45) is 1.48. The van der Waals surface area contributed by atoms with Gasteiger partial charge in [0.1, 0.15) is 18.7 Å². The first-order chi connectivity index (χ1) is 16.9. The van der Waals surface area contributed by atoms with Crippen LogP contribution in [0.4, 0.5) is 4.79 Å². The van der Waals surface area contributed by atoms with Gasteiger partial charge in [-0.15, -0.1) is 0 Å². The summed E-state index contributed by atoms with van der Waals surface area (Å²) in [4.78, 5) is 50.2. The molecule has 0 saturated carbocycles. The van der Waals surface area contributed by atoms with Gasteiger partial charge in [0.05, 0.1) is 6.54 Å². The summed E-state index contributed by atoms with van der Waals surface area (Å²) in [5, 5.41) is 14.5. The van der Waals surface area contributed by atoms with Gasteiger partial charge in [0.2, 0.25) is 11.8 Å². The molecule has 0 radical (unpaired) electrons. The second kappa shape index (κ2) is 9.05. The van der Waals surface area contributed by atoms with E-state index in [4.69, 9.17) is 4.74 Å². The molecule has 3 amide bonds. The summed E-state index contributed by atoms with van der Waals surface area (Å²) in [6.45, 7) is -0.526. The summed E-state index contributed by atoms with van der Waals surface area (Å²) in [6, 6.07) is 15.9. The molecule has 2 aliphatic heterocycles. The minimum Gasteiger partial charge on any atom is -0.479 e. The Labute approximate surface area is 202 Å². The van der Waals surface area contributed by atoms with Crippen LogP contribution in [0.15, 0.2) is 48.5 Å². The number of ether oxygens (including phenoxy) is 1. The van der Waals surface area contributed by atoms with Gasteiger partial charge in [-0.1, -0.05) is 48.5 Å². The third-order valence-electron chi connectivity index (χ3n) is 7.45. The lowest BCUT2D eigenvalue weighted by molar-refractivity contribution is -0.155. The van der Waals surface area contributed by atoms with Crippen LogP contribution in [0.3, 0.4) is 0 Å². The van der Waals surface area contributed by atoms with E-state index in [-0.39, 0.29) is 31.7 Å². The fourth-order valence-electron chi connectivity index (χ4n) is 5.81. The topological polar surface area (TPSA) is 125 Å². The van der Waals surface area contributed by atoms with Gasteiger partial charge in [-0.25, -0.2) is 9.59 Å². The van der Waals surface area contributed by atoms with Gasteiger partial charge in [0, 0.05) is 12.0 Å². The van der Waals surface area contributed by atoms with E-state index in [2.05, 4.69) is 10.6 Å². The van der Waals surface area contributed by atoms with E-state index >= 15 is 0 Å². The van der Waals surface area contributed by atoms with Crippen LogP contribution >= 0.6 is 0 Å². The lowest BCUT2D eigenvalue weighted by Gasteiger charge is -2.30. The number of rotatable bonds is 7. The van der Waals surface area contributed by atoms with Crippen LogP contribution in [-0.2, 0) is 19.1 Å². The molecule has 5 rings (SSSR count). The van der Waals surface area contributed by atoms with Gasteiger partial charge in [-0.3, -0.25) is 9.59 Å². The molecule has 3 aliphatic rings. The zero-order valence-corrected chi connectivity index (χ0v) is 19.2. The van der Waals surface area contributed by atoms with Gasteiger partial charge >= 0.3 is 12.1 Å². The number of nitrogens with zero attached hydrogens (tertiary/aromatic N) is 1. The summed E-state index contributed by atoms with van der Waals surface area (Å²) in [5.41, 5.74) is 3.28. The van der Waals surface area contributed by atoms with Gasteiger partial charge in [0.15, 0.2) is 0 Å². The van der Waals surface area contributed by atoms with Crippen LogP contribution in [0.5, 0.6) is 0 Å². The van der Waals surface area contributed by atoms with Crippen molar-refractivity contribution in [3.63, 3.8) is 0 Å². The number of carbonyl (C=O) groups excluding carboxylic acids is 3. The maximum Gasteiger partial charge on any atom is 0.407 e. The number of nitrogens with one attached hydrogen (secondary N) is 2. The number of aliphatic carboxylic acids is 1. The number of carbonyl (C=O) groups is 4. The minimum absolute atomic E-state index is 0.0861. The molecular formula is C26H27N3O6. The lowest BCUT2D eigenvalue weighted by Crippen LogP contribution is -2.53. The van der Waals surface area contributed by atoms with E-state index in [1.165, 1.54) is 4.90 Å². The molecule has 2 aromatic rings. The number of carboxylic acids is 1. The van der Waals surface area contributed by atoms with Crippen LogP contribution in [-0.4, -0.2) is 65.2 Å². The number of hydrogen-bond acceptors (Lipinski definition) is 5. The zero-order chi connectivity index (χ0) is 24.6. The molecule has 2 fully saturated rings. The molecule has 0 unspecified atom stereocenters. The van der Waals surface area contributed by atoms with Crippen molar-refractivity contribution >= 4 is 23.9 Å². The smallest absolute Gasteiger partial charge is 0.407 e. The van der Waals surface area contributed by atoms with Gasteiger partial charge < -0.3 is 25.4 Å². The number of carboxylic acid groups (broad SMARTS) is 1. The molecule has 0 atom stereocenters. The fourth-order valence-corrected chi connectivity index (χ4v) is 5.81. The van der Waals surface area contributed by atoms with Crippen LogP contribution in [0.25, 0.3) is 11.1 Å². The molecule has 0 spiro atoms. The molecule has 3 N–H and O–H groups in total. The normalized spacial score (nSPS) is 21.8. The van der Waals surface area contributed by atoms with Crippen molar-refractivity contribution < 1.29 is 29.0 Å². The Morgan fingerprint density at radius 3 is 2.11 bits per heavy atom. The largest absolute Gasteiger partial charge is 0.479 e. The van der Waals surface area contributed by atoms with Gasteiger partial charge in [0.25, 0.3) is 0 Å². The maximum absolute atomic E-state index is 12.6. The van der Waals surface area contributed by atoms with Crippen molar-refractivity contribution in [3.05, 3.63) is 59.7 Å². The third-order valence-corrected chi connectivity index (χ3v) is 7.45. The van der Waals surface area contributed by atoms with Crippen LogP contribution in [0, 0.1) is 0 Å². The predicted octanol–water partition coefficient (Wildman–Crippen LogP) is 2.25. The molecule has 2 heterocycles. The first-order valence-corrected chi connectivity index (χ1v) is 11.8. The van der Waals surface area contributed by atoms with E-state index in [0.29, 0.717) is 25.7 Å². The molecule has 1 aliphatic carbocycles. The average molecular weight is 478 g/mol. The van der Waals surface area contributed by atoms with Crippen LogP contribution in [0.1, 0.15) is 42.7 Å². The highest BCUT2D eigenvalue weighted by atomic mass is 16.5. The second-order valence-corrected chi connectivity index (χ2v) is 9.29. The Morgan fingerprint density at radius 1 is 0.914 bits per heavy atom. The average Bonchev–Trinajstić information content (AvgIpc) is 3.54. The molecule has 2 aromatic carbocycles. The van der Waals surface area contributed by atoms with E-state index in [0.717, 1.165) is 22.3 Å². The SMILES string of the molecule is O=C(CNC(=O)OCC1c2ccccc2-c2ccccc21)NCC(=O)N1C2CCC1(C(=O)O)CC2. The number of alkyl carbamates (subject to hydrolysis) is 1. The molecule has 0 aromatic heterocycles. The zero-order valence-electron chi connectivity index (χ0n) is 19.2. The molecule has 9 nitrogen and oxygen atoms in total. The number of hydrogen-bond donors (Lipinski definition) is 3. The number of benzene rings is 2. The van der Waals surface area contributed by atoms with Crippen molar-refractivity contribution in [1.82, 2.24) is 15.5 Å². The van der Waals surface area contributed by atoms with E-state index < -0.39 is 29.4 Å². The highest BCUT2D eigenvalue weighted by Crippen LogP contribution is 2.46. The van der Waals surface area contributed by atoms with Gasteiger partial charge in [-0.2, -0.15) is 0 Å². The van der Waals surface area contributed by atoms with Crippen LogP contribution in [0.2, 0.25) is 0 Å². The Balaban J connectivity index is 1.09. The van der Waals surface area contributed by atoms with Crippen molar-refractivity contribution in [3.8, 4) is 11.1 Å². The van der Waals surface area contributed by atoms with Crippen molar-refractivity contribution in [2.24, 2.45) is 0 Å². The van der Waals surface area contributed by atoms with Crippen LogP contribution < -0.4 is 10.6 Å². The Bertz CT molecular complexity index is 1140. The minimum atomic E-state index is -1.15. The third kappa shape index (κ3) is 4.00. The van der Waals surface area contributed by atoms with Crippen molar-refractivity contribution in [2.75, 3.05) is 19.7 Å². The van der Waals surface area contributed by atoms with Gasteiger partial charge in [-0.05, 0) is 47.9 Å². The highest BCUT2D eigenvalue weighted by molar-refractivity contribution is 5.92. The first kappa shape index (κ1) is 22.9. The monoisotopic (exact) mass is 477 g/mol. The summed E-state index contributed by atoms with van der Waals surface area (Å²) < 4.78 is 5.40. The van der Waals surface area contributed by atoms with E-state index in [9.17, 15) is 24.3 Å². The quantitative estimate of drug-likeness (QED) is 0.562. The second-order valence-electron chi connectivity index (χ2n) is 9.29. The maximum atomic E-state index is 12.6. The molecule has 2 bridgehead atoms. The molecular weight excluding hydrogens is 450 g/mol. The Hall–Kier alpha value is -3.88. The number of amides is 3.